The molecule has 0 N–H and O–H groups in total. The maximum Gasteiger partial charge on any atom is 0.177 e. The van der Waals surface area contributed by atoms with Gasteiger partial charge in [-0.2, -0.15) is 0 Å². The van der Waals surface area contributed by atoms with Crippen LogP contribution < -0.4 is 17.0 Å². The van der Waals surface area contributed by atoms with Gasteiger partial charge in [0.1, 0.15) is 5.76 Å². The highest BCUT2D eigenvalue weighted by Gasteiger charge is 2.49. The van der Waals surface area contributed by atoms with E-state index in [1.807, 2.05) is 12.2 Å². The van der Waals surface area contributed by atoms with Crippen LogP contribution in [0.3, 0.4) is 0 Å². The third kappa shape index (κ3) is 2.80. The molecule has 0 aromatic heterocycles. The minimum atomic E-state index is -0.456. The predicted molar refractivity (Wildman–Crippen MR) is 109 cm³/mol. The summed E-state index contributed by atoms with van der Waals surface area (Å²) >= 11 is 0. The van der Waals surface area contributed by atoms with E-state index in [0.717, 1.165) is 36.3 Å². The predicted octanol–water partition coefficient (Wildman–Crippen LogP) is 0.270. The van der Waals surface area contributed by atoms with Crippen LogP contribution in [-0.4, -0.2) is 61.1 Å². The second-order valence-corrected chi connectivity index (χ2v) is 8.21. The van der Waals surface area contributed by atoms with Gasteiger partial charge >= 0.3 is 0 Å². The summed E-state index contributed by atoms with van der Waals surface area (Å²) < 4.78 is 6.82. The Morgan fingerprint density at radius 3 is 2.82 bits per heavy atom. The van der Waals surface area contributed by atoms with Crippen molar-refractivity contribution in [1.29, 1.82) is 0 Å². The number of quaternary nitrogens is 1. The smallest absolute Gasteiger partial charge is 0.177 e. The summed E-state index contributed by atoms with van der Waals surface area (Å²) in [5.41, 5.74) is 4.77. The summed E-state index contributed by atoms with van der Waals surface area (Å²) in [4.78, 5) is 7.33. The van der Waals surface area contributed by atoms with Gasteiger partial charge in [-0.05, 0) is 34.9 Å². The molecule has 5 aliphatic rings. The van der Waals surface area contributed by atoms with Gasteiger partial charge in [-0.25, -0.2) is 4.99 Å². The fraction of sp³-hybridized carbons (Fsp3) is 0.348. The van der Waals surface area contributed by atoms with E-state index in [9.17, 15) is 0 Å². The quantitative estimate of drug-likeness (QED) is 0.465. The molecule has 2 aliphatic heterocycles. The Labute approximate surface area is 177 Å². The molecule has 0 aromatic carbocycles. The molecule has 1 spiro atoms. The Kier molecular flexibility index (Phi) is 4.84. The molecule has 1 atom stereocenters. The molecule has 1 saturated heterocycles. The van der Waals surface area contributed by atoms with E-state index < -0.39 is 5.54 Å². The van der Waals surface area contributed by atoms with Crippen LogP contribution in [0.25, 0.3) is 0 Å². The van der Waals surface area contributed by atoms with E-state index in [2.05, 4.69) is 55.0 Å². The largest absolute Gasteiger partial charge is 1.00 e. The third-order valence-corrected chi connectivity index (χ3v) is 6.53. The van der Waals surface area contributed by atoms with Gasteiger partial charge in [0, 0.05) is 12.1 Å². The van der Waals surface area contributed by atoms with Gasteiger partial charge in [0.15, 0.2) is 11.9 Å². The molecule has 0 bridgehead atoms. The number of halogens is 1. The molecule has 5 heteroatoms. The number of nitrogens with zero attached hydrogens (tertiary/aromatic N) is 3. The Bertz CT molecular complexity index is 910. The SMILES string of the molecule is C=CC[N+]1(C)CCN(C2=CC=C3C(=CC=C4C=CC=C5OC=NC453)C2)CC1.[Br-]. The second kappa shape index (κ2) is 7.05. The highest BCUT2D eigenvalue weighted by atomic mass is 79.9. The van der Waals surface area contributed by atoms with Crippen LogP contribution in [0.15, 0.2) is 88.4 Å². The second-order valence-electron chi connectivity index (χ2n) is 8.21. The molecule has 3 aliphatic carbocycles. The molecular formula is C23H26BrN3O. The normalized spacial score (nSPS) is 28.9. The van der Waals surface area contributed by atoms with E-state index in [1.54, 1.807) is 6.40 Å². The number of fused-ring (bicyclic) bond motifs is 1. The van der Waals surface area contributed by atoms with Crippen molar-refractivity contribution >= 4 is 6.40 Å². The summed E-state index contributed by atoms with van der Waals surface area (Å²) in [6.07, 6.45) is 19.9. The highest BCUT2D eigenvalue weighted by Crippen LogP contribution is 2.50. The monoisotopic (exact) mass is 439 g/mol. The van der Waals surface area contributed by atoms with E-state index >= 15 is 0 Å². The van der Waals surface area contributed by atoms with Crippen molar-refractivity contribution in [1.82, 2.24) is 4.90 Å². The molecule has 0 radical (unpaired) electrons. The van der Waals surface area contributed by atoms with Gasteiger partial charge in [0.2, 0.25) is 0 Å². The zero-order chi connectivity index (χ0) is 18.5. The van der Waals surface area contributed by atoms with Crippen molar-refractivity contribution in [2.75, 3.05) is 39.8 Å². The number of piperazine rings is 1. The Balaban J connectivity index is 0.00000192. The number of aliphatic imine (C=N–C) groups is 1. The standard InChI is InChI=1S/C23H26N3O.BrH/c1-3-13-26(2)14-11-25(12-15-26)20-9-10-21-18(16-20)7-8-19-5-4-6-22-23(19,21)24-17-27-22;/h3-10,17H,1,11-16H2,2H3;1H/q+1;/p-1. The lowest BCUT2D eigenvalue weighted by atomic mass is 9.70. The number of rotatable bonds is 3. The van der Waals surface area contributed by atoms with Gasteiger partial charge < -0.3 is 31.1 Å². The van der Waals surface area contributed by atoms with Crippen LogP contribution in [0.4, 0.5) is 0 Å². The van der Waals surface area contributed by atoms with Crippen LogP contribution in [0.2, 0.25) is 0 Å². The highest BCUT2D eigenvalue weighted by molar-refractivity contribution is 5.73. The average molecular weight is 440 g/mol. The van der Waals surface area contributed by atoms with Crippen molar-refractivity contribution in [3.8, 4) is 0 Å². The first-order valence-electron chi connectivity index (χ1n) is 9.76. The fourth-order valence-electron chi connectivity index (χ4n) is 4.86. The summed E-state index contributed by atoms with van der Waals surface area (Å²) in [6, 6.07) is 0. The lowest BCUT2D eigenvalue weighted by Gasteiger charge is -2.44. The number of allylic oxidation sites excluding steroid dienone is 7. The Morgan fingerprint density at radius 2 is 2.04 bits per heavy atom. The van der Waals surface area contributed by atoms with E-state index in [-0.39, 0.29) is 17.0 Å². The number of likely N-dealkylation sites (N-methyl/N-ethyl adjacent to an activating group) is 1. The maximum atomic E-state index is 5.72. The van der Waals surface area contributed by atoms with Gasteiger partial charge in [-0.15, -0.1) is 0 Å². The number of hydrogen-bond donors (Lipinski definition) is 0. The first-order valence-corrected chi connectivity index (χ1v) is 9.76. The summed E-state index contributed by atoms with van der Waals surface area (Å²) in [5.74, 6) is 0.917. The molecule has 0 saturated carbocycles. The molecule has 4 nitrogen and oxygen atoms in total. The minimum Gasteiger partial charge on any atom is -1.00 e. The molecule has 1 fully saturated rings. The van der Waals surface area contributed by atoms with Crippen LogP contribution in [0.5, 0.6) is 0 Å². The zero-order valence-corrected chi connectivity index (χ0v) is 17.9. The Hall–Kier alpha value is -2.11. The minimum absolute atomic E-state index is 0. The first kappa shape index (κ1) is 19.2. The molecular weight excluding hydrogens is 414 g/mol. The maximum absolute atomic E-state index is 5.72. The van der Waals surface area contributed by atoms with Crippen LogP contribution >= 0.6 is 0 Å². The van der Waals surface area contributed by atoms with Gasteiger partial charge in [0.05, 0.1) is 39.8 Å². The van der Waals surface area contributed by atoms with Gasteiger partial charge in [-0.3, -0.25) is 0 Å². The molecule has 28 heavy (non-hydrogen) atoms. The molecule has 2 heterocycles. The van der Waals surface area contributed by atoms with Crippen LogP contribution in [-0.2, 0) is 4.74 Å². The topological polar surface area (TPSA) is 24.8 Å². The molecule has 1 unspecified atom stereocenters. The zero-order valence-electron chi connectivity index (χ0n) is 16.3. The fourth-order valence-corrected chi connectivity index (χ4v) is 4.86. The lowest BCUT2D eigenvalue weighted by molar-refractivity contribution is -0.907. The van der Waals surface area contributed by atoms with Crippen molar-refractivity contribution in [2.45, 2.75) is 12.0 Å². The molecule has 5 rings (SSSR count). The van der Waals surface area contributed by atoms with Crippen molar-refractivity contribution in [3.05, 3.63) is 83.4 Å². The number of ether oxygens (including phenoxy) is 1. The summed E-state index contributed by atoms with van der Waals surface area (Å²) in [5, 5.41) is 0. The summed E-state index contributed by atoms with van der Waals surface area (Å²) in [6.45, 7) is 9.52. The molecule has 0 aromatic rings. The van der Waals surface area contributed by atoms with E-state index in [1.165, 1.54) is 35.5 Å². The van der Waals surface area contributed by atoms with Crippen molar-refractivity contribution < 1.29 is 26.2 Å². The number of hydrogen-bond acceptors (Lipinski definition) is 3. The van der Waals surface area contributed by atoms with E-state index in [0.29, 0.717) is 0 Å². The van der Waals surface area contributed by atoms with Crippen molar-refractivity contribution in [3.63, 3.8) is 0 Å². The van der Waals surface area contributed by atoms with E-state index in [4.69, 9.17) is 9.73 Å². The van der Waals surface area contributed by atoms with Crippen molar-refractivity contribution in [2.24, 2.45) is 4.99 Å². The molecule has 146 valence electrons. The lowest BCUT2D eigenvalue weighted by Crippen LogP contribution is -3.00. The Morgan fingerprint density at radius 1 is 1.21 bits per heavy atom. The average Bonchev–Trinajstić information content (AvgIpc) is 3.12. The molecule has 0 amide bonds. The van der Waals surface area contributed by atoms with Gasteiger partial charge in [0.25, 0.3) is 0 Å². The van der Waals surface area contributed by atoms with Crippen LogP contribution in [0.1, 0.15) is 6.42 Å². The summed E-state index contributed by atoms with van der Waals surface area (Å²) in [7, 11) is 2.34. The van der Waals surface area contributed by atoms with Gasteiger partial charge in [-0.1, -0.05) is 37.0 Å². The first-order chi connectivity index (χ1) is 13.1. The van der Waals surface area contributed by atoms with Crippen LogP contribution in [0, 0.1) is 0 Å². The third-order valence-electron chi connectivity index (χ3n) is 6.53.